The van der Waals surface area contributed by atoms with Gasteiger partial charge < -0.3 is 9.64 Å². The topological polar surface area (TPSA) is 56.6 Å². The number of nitrogens with zero attached hydrogens (tertiary/aromatic N) is 3. The van der Waals surface area contributed by atoms with E-state index in [0.717, 1.165) is 11.1 Å². The minimum Gasteiger partial charge on any atom is -0.488 e. The third-order valence-electron chi connectivity index (χ3n) is 4.19. The summed E-state index contributed by atoms with van der Waals surface area (Å²) in [4.78, 5) is 15.5. The summed E-state index contributed by atoms with van der Waals surface area (Å²) in [5.74, 6) is 0.483. The molecular formula is C20H17N3O2S. The Labute approximate surface area is 157 Å². The Kier molecular flexibility index (Phi) is 5.01. The third-order valence-corrected chi connectivity index (χ3v) is 4.74. The maximum Gasteiger partial charge on any atom is 0.276 e. The van der Waals surface area contributed by atoms with Crippen LogP contribution in [0.25, 0.3) is 6.08 Å². The van der Waals surface area contributed by atoms with Crippen LogP contribution in [0.1, 0.15) is 16.7 Å². The predicted molar refractivity (Wildman–Crippen MR) is 103 cm³/mol. The van der Waals surface area contributed by atoms with E-state index in [9.17, 15) is 10.1 Å². The molecule has 1 aliphatic rings. The molecule has 0 atom stereocenters. The molecule has 0 N–H and O–H groups in total. The molecule has 0 unspecified atom stereocenters. The molecule has 130 valence electrons. The minimum absolute atomic E-state index is 0.151. The fourth-order valence-corrected chi connectivity index (χ4v) is 2.86. The lowest BCUT2D eigenvalue weighted by atomic mass is 10.1. The third kappa shape index (κ3) is 3.30. The van der Waals surface area contributed by atoms with E-state index in [2.05, 4.69) is 6.07 Å². The van der Waals surface area contributed by atoms with E-state index in [1.54, 1.807) is 31.1 Å². The van der Waals surface area contributed by atoms with Crippen molar-refractivity contribution in [2.75, 3.05) is 14.1 Å². The van der Waals surface area contributed by atoms with Crippen molar-refractivity contribution in [1.29, 1.82) is 5.26 Å². The molecule has 26 heavy (non-hydrogen) atoms. The van der Waals surface area contributed by atoms with Crippen molar-refractivity contribution in [3.05, 3.63) is 70.9 Å². The van der Waals surface area contributed by atoms with Crippen LogP contribution in [0.5, 0.6) is 5.75 Å². The summed E-state index contributed by atoms with van der Waals surface area (Å²) in [6.45, 7) is 0.270. The number of hydrogen-bond donors (Lipinski definition) is 0. The van der Waals surface area contributed by atoms with E-state index < -0.39 is 0 Å². The van der Waals surface area contributed by atoms with Gasteiger partial charge in [-0.1, -0.05) is 36.4 Å². The molecule has 3 rings (SSSR count). The zero-order chi connectivity index (χ0) is 18.7. The van der Waals surface area contributed by atoms with Crippen molar-refractivity contribution < 1.29 is 9.53 Å². The number of likely N-dealkylation sites (N-methyl/N-ethyl adjacent to an activating group) is 2. The Morgan fingerprint density at radius 3 is 2.50 bits per heavy atom. The van der Waals surface area contributed by atoms with E-state index in [-0.39, 0.29) is 12.5 Å². The molecule has 0 aliphatic carbocycles. The second kappa shape index (κ2) is 7.38. The molecule has 0 spiro atoms. The van der Waals surface area contributed by atoms with Crippen LogP contribution in [0.15, 0.2) is 54.2 Å². The number of carbonyl (C=O) groups excluding carboxylic acids is 1. The summed E-state index contributed by atoms with van der Waals surface area (Å²) in [5.41, 5.74) is 2.66. The molecule has 2 aromatic rings. The monoisotopic (exact) mass is 363 g/mol. The first-order valence-electron chi connectivity index (χ1n) is 8.00. The van der Waals surface area contributed by atoms with Gasteiger partial charge in [0.1, 0.15) is 18.1 Å². The van der Waals surface area contributed by atoms with Gasteiger partial charge in [-0.15, -0.1) is 0 Å². The highest BCUT2D eigenvalue weighted by molar-refractivity contribution is 7.80. The van der Waals surface area contributed by atoms with E-state index in [1.165, 1.54) is 4.90 Å². The highest BCUT2D eigenvalue weighted by Crippen LogP contribution is 2.26. The van der Waals surface area contributed by atoms with Crippen LogP contribution >= 0.6 is 12.2 Å². The molecule has 1 amide bonds. The molecule has 0 radical (unpaired) electrons. The summed E-state index contributed by atoms with van der Waals surface area (Å²) < 4.78 is 5.93. The first kappa shape index (κ1) is 17.6. The Balaban J connectivity index is 1.88. The molecule has 5 nitrogen and oxygen atoms in total. The highest BCUT2D eigenvalue weighted by Gasteiger charge is 2.32. The molecule has 6 heteroatoms. The number of nitriles is 1. The summed E-state index contributed by atoms with van der Waals surface area (Å²) in [7, 11) is 3.42. The number of rotatable bonds is 4. The van der Waals surface area contributed by atoms with Crippen molar-refractivity contribution in [3.8, 4) is 11.8 Å². The van der Waals surface area contributed by atoms with E-state index >= 15 is 0 Å². The smallest absolute Gasteiger partial charge is 0.276 e. The Hall–Kier alpha value is -3.17. The zero-order valence-corrected chi connectivity index (χ0v) is 15.3. The zero-order valence-electron chi connectivity index (χ0n) is 14.5. The second-order valence-electron chi connectivity index (χ2n) is 5.83. The van der Waals surface area contributed by atoms with Crippen LogP contribution in [0.2, 0.25) is 0 Å². The second-order valence-corrected chi connectivity index (χ2v) is 6.20. The van der Waals surface area contributed by atoms with Gasteiger partial charge in [-0.05, 0) is 30.4 Å². The van der Waals surface area contributed by atoms with E-state index in [4.69, 9.17) is 17.0 Å². The summed E-state index contributed by atoms with van der Waals surface area (Å²) in [6.07, 6.45) is 1.77. The normalized spacial score (nSPS) is 15.5. The lowest BCUT2D eigenvalue weighted by Gasteiger charge is -2.13. The lowest BCUT2D eigenvalue weighted by Crippen LogP contribution is -2.26. The van der Waals surface area contributed by atoms with Crippen LogP contribution in [-0.4, -0.2) is 34.9 Å². The largest absolute Gasteiger partial charge is 0.488 e. The van der Waals surface area contributed by atoms with Crippen molar-refractivity contribution in [3.63, 3.8) is 0 Å². The van der Waals surface area contributed by atoms with Gasteiger partial charge in [0, 0.05) is 25.2 Å². The summed E-state index contributed by atoms with van der Waals surface area (Å²) in [6, 6.07) is 16.9. The Morgan fingerprint density at radius 2 is 1.81 bits per heavy atom. The minimum atomic E-state index is -0.151. The van der Waals surface area contributed by atoms with Crippen LogP contribution in [-0.2, 0) is 11.4 Å². The molecule has 2 aromatic carbocycles. The van der Waals surface area contributed by atoms with Gasteiger partial charge in [0.05, 0.1) is 11.6 Å². The fourth-order valence-electron chi connectivity index (χ4n) is 2.68. The lowest BCUT2D eigenvalue weighted by molar-refractivity contribution is -0.121. The number of ether oxygens (including phenoxy) is 1. The number of thiocarbonyl (C=S) groups is 1. The van der Waals surface area contributed by atoms with Crippen molar-refractivity contribution in [2.24, 2.45) is 0 Å². The van der Waals surface area contributed by atoms with Gasteiger partial charge in [0.2, 0.25) is 0 Å². The van der Waals surface area contributed by atoms with Gasteiger partial charge in [-0.25, -0.2) is 0 Å². The first-order chi connectivity index (χ1) is 12.5. The van der Waals surface area contributed by atoms with Gasteiger partial charge in [0.15, 0.2) is 5.11 Å². The average molecular weight is 363 g/mol. The van der Waals surface area contributed by atoms with Gasteiger partial charge in [-0.3, -0.25) is 9.69 Å². The molecule has 1 aliphatic heterocycles. The van der Waals surface area contributed by atoms with Gasteiger partial charge in [-0.2, -0.15) is 5.26 Å². The van der Waals surface area contributed by atoms with E-state index in [1.807, 2.05) is 42.5 Å². The SMILES string of the molecule is CN1C(=O)C(=Cc2ccccc2OCc2ccccc2C#N)N(C)C1=S. The predicted octanol–water partition coefficient (Wildman–Crippen LogP) is 3.17. The Bertz CT molecular complexity index is 946. The molecule has 0 saturated carbocycles. The van der Waals surface area contributed by atoms with Crippen LogP contribution in [0.3, 0.4) is 0 Å². The molecule has 0 bridgehead atoms. The number of hydrogen-bond acceptors (Lipinski definition) is 4. The molecule has 1 saturated heterocycles. The van der Waals surface area contributed by atoms with Crippen molar-refractivity contribution in [1.82, 2.24) is 9.80 Å². The van der Waals surface area contributed by atoms with Gasteiger partial charge >= 0.3 is 0 Å². The highest BCUT2D eigenvalue weighted by atomic mass is 32.1. The van der Waals surface area contributed by atoms with Crippen molar-refractivity contribution in [2.45, 2.75) is 6.61 Å². The quantitative estimate of drug-likeness (QED) is 0.617. The summed E-state index contributed by atoms with van der Waals surface area (Å²) in [5, 5.41) is 9.65. The number of carbonyl (C=O) groups is 1. The standard InChI is InChI=1S/C20H17N3O2S/c1-22-17(19(24)23(2)20(22)26)11-14-7-5-6-10-18(14)25-13-16-9-4-3-8-15(16)12-21/h3-11H,13H2,1-2H3. The maximum absolute atomic E-state index is 12.4. The number of para-hydroxylation sites is 1. The molecular weight excluding hydrogens is 346 g/mol. The molecule has 0 aromatic heterocycles. The maximum atomic E-state index is 12.4. The Morgan fingerprint density at radius 1 is 1.12 bits per heavy atom. The van der Waals surface area contributed by atoms with Crippen LogP contribution < -0.4 is 4.74 Å². The van der Waals surface area contributed by atoms with Crippen LogP contribution in [0, 0.1) is 11.3 Å². The molecule has 1 heterocycles. The molecule has 1 fully saturated rings. The number of amides is 1. The first-order valence-corrected chi connectivity index (χ1v) is 8.41. The van der Waals surface area contributed by atoms with Crippen LogP contribution in [0.4, 0.5) is 0 Å². The summed E-state index contributed by atoms with van der Waals surface area (Å²) >= 11 is 5.24. The van der Waals surface area contributed by atoms with Gasteiger partial charge in [0.25, 0.3) is 5.91 Å². The van der Waals surface area contributed by atoms with E-state index in [0.29, 0.717) is 22.1 Å². The number of benzene rings is 2. The average Bonchev–Trinajstić information content (AvgIpc) is 2.85. The van der Waals surface area contributed by atoms with Crippen molar-refractivity contribution >= 4 is 29.3 Å². The fraction of sp³-hybridized carbons (Fsp3) is 0.150.